The highest BCUT2D eigenvalue weighted by Crippen LogP contribution is 2.37. The maximum atomic E-state index is 12.3. The van der Waals surface area contributed by atoms with Gasteiger partial charge >= 0.3 is 5.97 Å². The van der Waals surface area contributed by atoms with Crippen LogP contribution in [0.5, 0.6) is 11.5 Å². The predicted molar refractivity (Wildman–Crippen MR) is 139 cm³/mol. The van der Waals surface area contributed by atoms with Gasteiger partial charge in [0, 0.05) is 30.9 Å². The van der Waals surface area contributed by atoms with Gasteiger partial charge in [-0.05, 0) is 63.4 Å². The number of aromatic nitrogens is 3. The summed E-state index contributed by atoms with van der Waals surface area (Å²) in [4.78, 5) is 26.7. The first-order valence-corrected chi connectivity index (χ1v) is 12.2. The van der Waals surface area contributed by atoms with Crippen LogP contribution in [-0.4, -0.2) is 38.7 Å². The maximum absolute atomic E-state index is 12.3. The zero-order valence-corrected chi connectivity index (χ0v) is 20.8. The van der Waals surface area contributed by atoms with Crippen LogP contribution in [0.1, 0.15) is 39.7 Å². The van der Waals surface area contributed by atoms with Crippen LogP contribution in [0.15, 0.2) is 67.1 Å². The fourth-order valence-electron chi connectivity index (χ4n) is 4.40. The number of ether oxygens (including phenoxy) is 1. The number of piperidine rings is 1. The zero-order valence-electron chi connectivity index (χ0n) is 20.8. The molecule has 0 unspecified atom stereocenters. The van der Waals surface area contributed by atoms with Crippen LogP contribution >= 0.6 is 0 Å². The molecule has 0 atom stereocenters. The number of nitrogens with zero attached hydrogens (tertiary/aromatic N) is 4. The van der Waals surface area contributed by atoms with Gasteiger partial charge in [0.2, 0.25) is 0 Å². The lowest BCUT2D eigenvalue weighted by molar-refractivity contribution is -0.205. The number of benzene rings is 2. The maximum Gasteiger partial charge on any atom is 0.330 e. The van der Waals surface area contributed by atoms with Crippen molar-refractivity contribution in [2.45, 2.75) is 39.7 Å². The van der Waals surface area contributed by atoms with Crippen LogP contribution in [0.4, 0.5) is 5.82 Å². The Morgan fingerprint density at radius 2 is 1.64 bits per heavy atom. The topological polar surface area (TPSA) is 95.5 Å². The fraction of sp³-hybridized carbons (Fsp3) is 0.321. The minimum absolute atomic E-state index is 0.209. The fourth-order valence-corrected chi connectivity index (χ4v) is 4.40. The molecule has 0 spiro atoms. The van der Waals surface area contributed by atoms with E-state index in [-0.39, 0.29) is 12.0 Å². The normalized spacial score (nSPS) is 15.2. The van der Waals surface area contributed by atoms with Gasteiger partial charge in [-0.15, -0.1) is 5.06 Å². The van der Waals surface area contributed by atoms with Crippen molar-refractivity contribution in [1.29, 1.82) is 0 Å². The number of nitrogen functional groups attached to an aromatic ring is 1. The van der Waals surface area contributed by atoms with E-state index in [1.807, 2.05) is 75.4 Å². The minimum atomic E-state index is -0.529. The number of hydroxylamine groups is 2. The number of anilines is 1. The molecule has 36 heavy (non-hydrogen) atoms. The first-order valence-electron chi connectivity index (χ1n) is 12.2. The van der Waals surface area contributed by atoms with E-state index in [0.29, 0.717) is 18.9 Å². The van der Waals surface area contributed by atoms with Gasteiger partial charge in [0.05, 0.1) is 10.8 Å². The van der Waals surface area contributed by atoms with Crippen molar-refractivity contribution in [3.63, 3.8) is 0 Å². The van der Waals surface area contributed by atoms with Crippen LogP contribution in [0.3, 0.4) is 0 Å². The highest BCUT2D eigenvalue weighted by atomic mass is 16.7. The quantitative estimate of drug-likeness (QED) is 0.392. The van der Waals surface area contributed by atoms with E-state index in [9.17, 15) is 4.79 Å². The van der Waals surface area contributed by atoms with E-state index in [1.54, 1.807) is 5.06 Å². The van der Waals surface area contributed by atoms with E-state index >= 15 is 0 Å². The molecule has 1 fully saturated rings. The minimum Gasteiger partial charge on any atom is -0.457 e. The molecule has 4 aromatic rings. The van der Waals surface area contributed by atoms with E-state index in [4.69, 9.17) is 15.3 Å². The summed E-state index contributed by atoms with van der Waals surface area (Å²) >= 11 is 0. The molecule has 1 aliphatic rings. The molecule has 0 radical (unpaired) electrons. The van der Waals surface area contributed by atoms with E-state index in [0.717, 1.165) is 46.5 Å². The highest BCUT2D eigenvalue weighted by Gasteiger charge is 2.30. The van der Waals surface area contributed by atoms with Crippen LogP contribution in [0.2, 0.25) is 0 Å². The number of carbonyl (C=O) groups is 1. The molecule has 0 saturated carbocycles. The Balaban J connectivity index is 1.38. The summed E-state index contributed by atoms with van der Waals surface area (Å²) in [5.41, 5.74) is 8.61. The molecular formula is C28H31N5O3. The number of rotatable bonds is 5. The van der Waals surface area contributed by atoms with Crippen LogP contribution in [0.25, 0.3) is 22.2 Å². The molecule has 2 N–H and O–H groups in total. The summed E-state index contributed by atoms with van der Waals surface area (Å²) in [6.45, 7) is 6.90. The second kappa shape index (κ2) is 9.62. The van der Waals surface area contributed by atoms with Crippen molar-refractivity contribution in [1.82, 2.24) is 19.6 Å². The molecule has 2 aromatic heterocycles. The van der Waals surface area contributed by atoms with Gasteiger partial charge in [0.1, 0.15) is 29.3 Å². The van der Waals surface area contributed by atoms with Crippen molar-refractivity contribution < 1.29 is 14.4 Å². The Hall–Kier alpha value is -3.91. The van der Waals surface area contributed by atoms with Crippen LogP contribution < -0.4 is 10.5 Å². The van der Waals surface area contributed by atoms with Gasteiger partial charge in [0.25, 0.3) is 0 Å². The molecule has 8 heteroatoms. The Morgan fingerprint density at radius 3 is 2.31 bits per heavy atom. The monoisotopic (exact) mass is 485 g/mol. The smallest absolute Gasteiger partial charge is 0.330 e. The number of nitrogens with two attached hydrogens (primary N) is 1. The molecule has 1 saturated heterocycles. The second-order valence-corrected chi connectivity index (χ2v) is 10.1. The second-order valence-electron chi connectivity index (χ2n) is 10.1. The van der Waals surface area contributed by atoms with Gasteiger partial charge in [0.15, 0.2) is 0 Å². The third kappa shape index (κ3) is 4.90. The molecule has 0 aliphatic carbocycles. The third-order valence-corrected chi connectivity index (χ3v) is 6.42. The summed E-state index contributed by atoms with van der Waals surface area (Å²) < 4.78 is 8.14. The molecule has 2 aromatic carbocycles. The van der Waals surface area contributed by atoms with Gasteiger partial charge < -0.3 is 19.9 Å². The number of hydrogen-bond acceptors (Lipinski definition) is 7. The van der Waals surface area contributed by atoms with Crippen molar-refractivity contribution in [2.75, 3.05) is 18.8 Å². The van der Waals surface area contributed by atoms with E-state index in [1.165, 1.54) is 6.33 Å². The average molecular weight is 486 g/mol. The predicted octanol–water partition coefficient (Wildman–Crippen LogP) is 5.61. The van der Waals surface area contributed by atoms with Crippen molar-refractivity contribution in [2.24, 2.45) is 5.41 Å². The summed E-state index contributed by atoms with van der Waals surface area (Å²) in [6.07, 6.45) is 5.28. The Kier molecular flexibility index (Phi) is 6.36. The Labute approximate surface area is 210 Å². The van der Waals surface area contributed by atoms with Crippen LogP contribution in [0, 0.1) is 5.41 Å². The molecule has 1 aliphatic heterocycles. The zero-order chi connectivity index (χ0) is 25.3. The van der Waals surface area contributed by atoms with Gasteiger partial charge in [-0.1, -0.05) is 30.3 Å². The summed E-state index contributed by atoms with van der Waals surface area (Å²) in [5, 5.41) is 2.61. The molecule has 0 bridgehead atoms. The van der Waals surface area contributed by atoms with Gasteiger partial charge in [-0.3, -0.25) is 0 Å². The van der Waals surface area contributed by atoms with E-state index < -0.39 is 5.41 Å². The number of hydrogen-bond donors (Lipinski definition) is 1. The van der Waals surface area contributed by atoms with Crippen molar-refractivity contribution in [3.05, 3.63) is 67.1 Å². The molecule has 0 amide bonds. The third-order valence-electron chi connectivity index (χ3n) is 6.42. The largest absolute Gasteiger partial charge is 0.457 e. The Morgan fingerprint density at radius 1 is 0.972 bits per heavy atom. The first-order chi connectivity index (χ1) is 17.3. The van der Waals surface area contributed by atoms with Gasteiger partial charge in [-0.2, -0.15) is 0 Å². The number of carbonyl (C=O) groups excluding carboxylic acids is 1. The molecule has 5 rings (SSSR count). The average Bonchev–Trinajstić information content (AvgIpc) is 3.26. The standard InChI is InChI=1S/C28H31N5O3/c1-28(2,3)27(34)36-32-15-13-20(14-16-32)33-17-23(24-25(29)30-18-31-26(24)33)19-9-11-22(12-10-19)35-21-7-5-4-6-8-21/h4-12,17-18,20H,13-16H2,1-3H3,(H2,29,30,31). The molecule has 186 valence electrons. The van der Waals surface area contributed by atoms with Gasteiger partial charge in [-0.25, -0.2) is 14.8 Å². The molecular weight excluding hydrogens is 454 g/mol. The first kappa shape index (κ1) is 23.8. The molecule has 3 heterocycles. The summed E-state index contributed by atoms with van der Waals surface area (Å²) in [6, 6.07) is 17.9. The number of para-hydroxylation sites is 1. The highest BCUT2D eigenvalue weighted by molar-refractivity contribution is 6.00. The van der Waals surface area contributed by atoms with Crippen LogP contribution in [-0.2, 0) is 9.63 Å². The lowest BCUT2D eigenvalue weighted by Gasteiger charge is -2.32. The summed E-state index contributed by atoms with van der Waals surface area (Å²) in [5.74, 6) is 1.79. The summed E-state index contributed by atoms with van der Waals surface area (Å²) in [7, 11) is 0. The molecule has 8 nitrogen and oxygen atoms in total. The lowest BCUT2D eigenvalue weighted by Crippen LogP contribution is -2.39. The lowest BCUT2D eigenvalue weighted by atomic mass is 9.98. The number of fused-ring (bicyclic) bond motifs is 1. The van der Waals surface area contributed by atoms with E-state index in [2.05, 4.69) is 20.7 Å². The van der Waals surface area contributed by atoms with Crippen molar-refractivity contribution >= 4 is 22.8 Å². The Bertz CT molecular complexity index is 1350. The SMILES string of the molecule is CC(C)(C)C(=O)ON1CCC(n2cc(-c3ccc(Oc4ccccc4)cc3)c3c(N)ncnc32)CC1. The van der Waals surface area contributed by atoms with Crippen molar-refractivity contribution in [3.8, 4) is 22.6 Å².